The molecule has 0 radical (unpaired) electrons. The third-order valence-electron chi connectivity index (χ3n) is 7.13. The van der Waals surface area contributed by atoms with Gasteiger partial charge in [-0.3, -0.25) is 0 Å². The highest BCUT2D eigenvalue weighted by Crippen LogP contribution is 2.34. The first-order valence-corrected chi connectivity index (χ1v) is 17.2. The summed E-state index contributed by atoms with van der Waals surface area (Å²) in [5.41, 5.74) is 0.678. The molecule has 0 aromatic heterocycles. The van der Waals surface area contributed by atoms with E-state index in [4.69, 9.17) is 37.9 Å². The molecule has 14 heteroatoms. The van der Waals surface area contributed by atoms with Crippen molar-refractivity contribution in [2.75, 3.05) is 52.7 Å². The van der Waals surface area contributed by atoms with Gasteiger partial charge in [-0.1, -0.05) is 76.4 Å². The molecular formula is C40H48N2O12. The van der Waals surface area contributed by atoms with Gasteiger partial charge in [-0.2, -0.15) is 0 Å². The van der Waals surface area contributed by atoms with Gasteiger partial charge in [0.15, 0.2) is 23.7 Å². The van der Waals surface area contributed by atoms with Gasteiger partial charge in [-0.25, -0.2) is 19.2 Å². The molecule has 54 heavy (non-hydrogen) atoms. The monoisotopic (exact) mass is 748 g/mol. The van der Waals surface area contributed by atoms with Gasteiger partial charge in [0.1, 0.15) is 51.1 Å². The molecule has 2 amide bonds. The van der Waals surface area contributed by atoms with Crippen LogP contribution in [0.2, 0.25) is 0 Å². The predicted octanol–water partition coefficient (Wildman–Crippen LogP) is 5.55. The van der Waals surface area contributed by atoms with E-state index in [-0.39, 0.29) is 58.1 Å². The van der Waals surface area contributed by atoms with Gasteiger partial charge in [0, 0.05) is 12.2 Å². The minimum Gasteiger partial charge on any atom is -0.490 e. The molecule has 0 bridgehead atoms. The Hall–Kier alpha value is -6.18. The van der Waals surface area contributed by atoms with Crippen LogP contribution in [0, 0.1) is 0 Å². The number of para-hydroxylation sites is 2. The molecule has 3 rings (SSSR count). The molecule has 3 aromatic carbocycles. The summed E-state index contributed by atoms with van der Waals surface area (Å²) in [7, 11) is 0. The van der Waals surface area contributed by atoms with Crippen molar-refractivity contribution in [2.24, 2.45) is 0 Å². The van der Waals surface area contributed by atoms with Crippen LogP contribution in [-0.4, -0.2) is 89.1 Å². The molecule has 3 aromatic rings. The van der Waals surface area contributed by atoms with Crippen molar-refractivity contribution in [3.05, 3.63) is 110 Å². The van der Waals surface area contributed by atoms with E-state index < -0.39 is 36.3 Å². The lowest BCUT2D eigenvalue weighted by Crippen LogP contribution is -2.37. The van der Waals surface area contributed by atoms with Gasteiger partial charge in [0.25, 0.3) is 0 Å². The Labute approximate surface area is 315 Å². The Morgan fingerprint density at radius 3 is 1.46 bits per heavy atom. The zero-order valence-corrected chi connectivity index (χ0v) is 30.8. The van der Waals surface area contributed by atoms with Crippen LogP contribution >= 0.6 is 0 Å². The molecular weight excluding hydrogens is 700 g/mol. The third-order valence-corrected chi connectivity index (χ3v) is 7.13. The second-order valence-corrected chi connectivity index (χ2v) is 12.4. The normalized spacial score (nSPS) is 11.8. The number of carbonyl (C=O) groups excluding carboxylic acids is 4. The number of benzene rings is 3. The van der Waals surface area contributed by atoms with Crippen molar-refractivity contribution in [2.45, 2.75) is 38.4 Å². The van der Waals surface area contributed by atoms with Crippen LogP contribution in [0.4, 0.5) is 9.59 Å². The molecule has 2 unspecified atom stereocenters. The van der Waals surface area contributed by atoms with Crippen LogP contribution in [0.3, 0.4) is 0 Å². The maximum Gasteiger partial charge on any atom is 0.407 e. The first kappa shape index (κ1) is 42.2. The zero-order valence-electron chi connectivity index (χ0n) is 30.8. The molecule has 290 valence electrons. The lowest BCUT2D eigenvalue weighted by Gasteiger charge is -2.24. The Morgan fingerprint density at radius 2 is 1.04 bits per heavy atom. The van der Waals surface area contributed by atoms with E-state index in [2.05, 4.69) is 23.8 Å². The number of carbonyl (C=O) groups is 4. The van der Waals surface area contributed by atoms with Gasteiger partial charge >= 0.3 is 24.1 Å². The van der Waals surface area contributed by atoms with Gasteiger partial charge in [0.2, 0.25) is 0 Å². The quantitative estimate of drug-likeness (QED) is 0.0571. The van der Waals surface area contributed by atoms with Crippen LogP contribution < -0.4 is 29.6 Å². The number of esters is 2. The van der Waals surface area contributed by atoms with Crippen LogP contribution in [0.1, 0.15) is 26.3 Å². The van der Waals surface area contributed by atoms with Crippen molar-refractivity contribution in [1.29, 1.82) is 0 Å². The van der Waals surface area contributed by atoms with E-state index in [9.17, 15) is 19.2 Å². The van der Waals surface area contributed by atoms with Crippen molar-refractivity contribution in [3.8, 4) is 23.0 Å². The summed E-state index contributed by atoms with van der Waals surface area (Å²) >= 11 is 0. The largest absolute Gasteiger partial charge is 0.490 e. The molecule has 2 N–H and O–H groups in total. The number of hydrogen-bond acceptors (Lipinski definition) is 12. The number of rotatable bonds is 22. The van der Waals surface area contributed by atoms with Gasteiger partial charge < -0.3 is 48.5 Å². The SMILES string of the molecule is C=CC(=O)OCCNC(=O)OC(COc1ccccc1)COc1ccc(C(C)(C)C)cc1OCC(COc1ccccc1)OC(=O)NCCOC(=O)C=C. The van der Waals surface area contributed by atoms with Crippen molar-refractivity contribution < 1.29 is 57.1 Å². The van der Waals surface area contributed by atoms with Crippen LogP contribution in [-0.2, 0) is 34.0 Å². The van der Waals surface area contributed by atoms with E-state index in [0.717, 1.165) is 17.7 Å². The fraction of sp³-hybridized carbons (Fsp3) is 0.350. The van der Waals surface area contributed by atoms with Crippen molar-refractivity contribution in [3.63, 3.8) is 0 Å². The summed E-state index contributed by atoms with van der Waals surface area (Å²) in [5.74, 6) is 0.556. The predicted molar refractivity (Wildman–Crippen MR) is 199 cm³/mol. The molecule has 0 fully saturated rings. The molecule has 0 aliphatic carbocycles. The maximum absolute atomic E-state index is 12.7. The van der Waals surface area contributed by atoms with Crippen LogP contribution in [0.25, 0.3) is 0 Å². The van der Waals surface area contributed by atoms with E-state index in [1.807, 2.05) is 69.3 Å². The van der Waals surface area contributed by atoms with E-state index >= 15 is 0 Å². The number of nitrogens with one attached hydrogen (secondary N) is 2. The Kier molecular flexibility index (Phi) is 17.7. The maximum atomic E-state index is 12.7. The average molecular weight is 749 g/mol. The standard InChI is InChI=1S/C40H48N2O12/c1-6-36(43)47-22-20-41-38(45)53-32(25-49-30-14-10-8-11-15-30)27-51-34-19-18-29(40(3,4)5)24-35(34)52-28-33(26-50-31-16-12-9-13-17-31)54-39(46)42-21-23-48-37(44)7-2/h6-19,24,32-33H,1-2,20-23,25-28H2,3-5H3,(H,41,45)(H,42,46). The molecule has 0 heterocycles. The number of alkyl carbamates (subject to hydrolysis) is 2. The lowest BCUT2D eigenvalue weighted by molar-refractivity contribution is -0.138. The fourth-order valence-corrected chi connectivity index (χ4v) is 4.33. The molecule has 14 nitrogen and oxygen atoms in total. The van der Waals surface area contributed by atoms with E-state index in [1.54, 1.807) is 30.3 Å². The fourth-order valence-electron chi connectivity index (χ4n) is 4.33. The van der Waals surface area contributed by atoms with E-state index in [0.29, 0.717) is 23.0 Å². The summed E-state index contributed by atoms with van der Waals surface area (Å²) in [6.45, 7) is 12.3. The highest BCUT2D eigenvalue weighted by molar-refractivity contribution is 5.81. The highest BCUT2D eigenvalue weighted by atomic mass is 16.6. The smallest absolute Gasteiger partial charge is 0.407 e. The molecule has 2 atom stereocenters. The van der Waals surface area contributed by atoms with Gasteiger partial charge in [-0.15, -0.1) is 0 Å². The van der Waals surface area contributed by atoms with E-state index in [1.165, 1.54) is 0 Å². The zero-order chi connectivity index (χ0) is 39.2. The molecule has 0 aliphatic heterocycles. The second kappa shape index (κ2) is 22.7. The number of hydrogen-bond donors (Lipinski definition) is 2. The van der Waals surface area contributed by atoms with Crippen molar-refractivity contribution in [1.82, 2.24) is 10.6 Å². The summed E-state index contributed by atoms with van der Waals surface area (Å²) in [4.78, 5) is 48.0. The topological polar surface area (TPSA) is 166 Å². The number of amides is 2. The first-order valence-electron chi connectivity index (χ1n) is 17.2. The summed E-state index contributed by atoms with van der Waals surface area (Å²) in [6.07, 6.45) is -1.28. The molecule has 0 spiro atoms. The second-order valence-electron chi connectivity index (χ2n) is 12.4. The van der Waals surface area contributed by atoms with Gasteiger partial charge in [-0.05, 0) is 47.4 Å². The Balaban J connectivity index is 1.74. The third kappa shape index (κ3) is 16.4. The Bertz CT molecular complexity index is 1640. The first-order chi connectivity index (χ1) is 26.0. The van der Waals surface area contributed by atoms with Crippen molar-refractivity contribution >= 4 is 24.1 Å². The van der Waals surface area contributed by atoms with Crippen LogP contribution in [0.5, 0.6) is 23.0 Å². The Morgan fingerprint density at radius 1 is 0.611 bits per heavy atom. The summed E-state index contributed by atoms with van der Waals surface area (Å²) < 4.78 is 45.2. The number of ether oxygens (including phenoxy) is 8. The summed E-state index contributed by atoms with van der Waals surface area (Å²) in [5, 5.41) is 5.06. The minimum atomic E-state index is -0.892. The molecule has 0 saturated heterocycles. The molecule has 0 aliphatic rings. The lowest BCUT2D eigenvalue weighted by atomic mass is 9.87. The molecule has 0 saturated carbocycles. The van der Waals surface area contributed by atoms with Gasteiger partial charge in [0.05, 0.1) is 13.1 Å². The highest BCUT2D eigenvalue weighted by Gasteiger charge is 2.23. The average Bonchev–Trinajstić information content (AvgIpc) is 3.17. The summed E-state index contributed by atoms with van der Waals surface area (Å²) in [6, 6.07) is 23.5. The minimum absolute atomic E-state index is 0.00909. The van der Waals surface area contributed by atoms with Crippen LogP contribution in [0.15, 0.2) is 104 Å².